The summed E-state index contributed by atoms with van der Waals surface area (Å²) in [5.41, 5.74) is 9.31. The summed E-state index contributed by atoms with van der Waals surface area (Å²) in [5, 5.41) is 10.6. The van der Waals surface area contributed by atoms with E-state index in [0.717, 1.165) is 42.9 Å². The summed E-state index contributed by atoms with van der Waals surface area (Å²) < 4.78 is 8.03. The van der Waals surface area contributed by atoms with Gasteiger partial charge in [0.2, 0.25) is 12.1 Å². The summed E-state index contributed by atoms with van der Waals surface area (Å²) in [6.45, 7) is 8.23. The van der Waals surface area contributed by atoms with E-state index in [1.54, 1.807) is 18.5 Å². The van der Waals surface area contributed by atoms with Gasteiger partial charge in [0.1, 0.15) is 30.2 Å². The zero-order valence-corrected chi connectivity index (χ0v) is 18.0. The number of phenolic OH excluding ortho intramolecular Hbond substituents is 1. The molecule has 0 aliphatic carbocycles. The number of phenols is 1. The van der Waals surface area contributed by atoms with Gasteiger partial charge >= 0.3 is 5.88 Å². The lowest BCUT2D eigenvalue weighted by Gasteiger charge is -2.27. The van der Waals surface area contributed by atoms with Gasteiger partial charge in [-0.05, 0) is 31.5 Å². The SMILES string of the molecule is CC[NH+](CC)CC[n+]1cnc2c(c1N)[C@H](c1ccccc1Cl)c1ccc(O)cc1O2. The summed E-state index contributed by atoms with van der Waals surface area (Å²) in [7, 11) is 0. The van der Waals surface area contributed by atoms with Crippen molar-refractivity contribution in [3.63, 3.8) is 0 Å². The first-order valence-electron chi connectivity index (χ1n) is 10.3. The first-order chi connectivity index (χ1) is 14.5. The van der Waals surface area contributed by atoms with Gasteiger partial charge in [0.05, 0.1) is 19.0 Å². The normalized spacial score (nSPS) is 14.9. The lowest BCUT2D eigenvalue weighted by molar-refractivity contribution is -0.915. The Hall–Kier alpha value is -2.83. The number of nitrogens with one attached hydrogen (secondary N) is 1. The van der Waals surface area contributed by atoms with Crippen LogP contribution in [0.2, 0.25) is 5.02 Å². The molecule has 2 heterocycles. The van der Waals surface area contributed by atoms with Crippen molar-refractivity contribution in [1.82, 2.24) is 4.98 Å². The van der Waals surface area contributed by atoms with Crippen LogP contribution in [0.5, 0.6) is 17.4 Å². The molecule has 0 unspecified atom stereocenters. The third-order valence-electron chi connectivity index (χ3n) is 5.86. The summed E-state index contributed by atoms with van der Waals surface area (Å²) in [4.78, 5) is 6.07. The molecule has 1 aliphatic rings. The number of benzene rings is 2. The molecule has 1 aliphatic heterocycles. The minimum Gasteiger partial charge on any atom is -0.508 e. The van der Waals surface area contributed by atoms with Gasteiger partial charge in [0, 0.05) is 16.7 Å². The number of hydrogen-bond donors (Lipinski definition) is 3. The molecule has 3 aromatic rings. The number of aromatic nitrogens is 2. The minimum absolute atomic E-state index is 0.135. The summed E-state index contributed by atoms with van der Waals surface area (Å²) in [6, 6.07) is 12.8. The lowest BCUT2D eigenvalue weighted by atomic mass is 9.83. The van der Waals surface area contributed by atoms with Crippen LogP contribution in [-0.2, 0) is 6.54 Å². The summed E-state index contributed by atoms with van der Waals surface area (Å²) in [6.07, 6.45) is 1.73. The summed E-state index contributed by atoms with van der Waals surface area (Å²) in [5.74, 6) is 1.52. The fraction of sp³-hybridized carbons (Fsp3) is 0.304. The Kier molecular flexibility index (Phi) is 5.79. The molecule has 6 nitrogen and oxygen atoms in total. The van der Waals surface area contributed by atoms with Gasteiger partial charge in [-0.2, -0.15) is 0 Å². The second-order valence-corrected chi connectivity index (χ2v) is 7.94. The van der Waals surface area contributed by atoms with E-state index in [1.807, 2.05) is 34.9 Å². The monoisotopic (exact) mass is 426 g/mol. The zero-order chi connectivity index (χ0) is 21.3. The number of likely N-dealkylation sites (N-methyl/N-ethyl adjacent to an activating group) is 1. The van der Waals surface area contributed by atoms with Gasteiger partial charge < -0.3 is 20.5 Å². The quantitative estimate of drug-likeness (QED) is 0.414. The first-order valence-corrected chi connectivity index (χ1v) is 10.7. The molecule has 0 bridgehead atoms. The number of fused-ring (bicyclic) bond motifs is 2. The number of anilines is 1. The largest absolute Gasteiger partial charge is 0.508 e. The molecule has 7 heteroatoms. The Morgan fingerprint density at radius 3 is 2.67 bits per heavy atom. The van der Waals surface area contributed by atoms with E-state index >= 15 is 0 Å². The van der Waals surface area contributed by atoms with Crippen LogP contribution in [0.4, 0.5) is 5.82 Å². The van der Waals surface area contributed by atoms with Crippen molar-refractivity contribution in [2.75, 3.05) is 25.4 Å². The number of nitrogens with two attached hydrogens (primary N) is 1. The molecule has 0 radical (unpaired) electrons. The zero-order valence-electron chi connectivity index (χ0n) is 17.2. The van der Waals surface area contributed by atoms with Crippen LogP contribution in [0.3, 0.4) is 0 Å². The average Bonchev–Trinajstić information content (AvgIpc) is 2.75. The van der Waals surface area contributed by atoms with Crippen molar-refractivity contribution in [1.29, 1.82) is 0 Å². The van der Waals surface area contributed by atoms with E-state index in [0.29, 0.717) is 22.5 Å². The van der Waals surface area contributed by atoms with Crippen molar-refractivity contribution >= 4 is 17.4 Å². The summed E-state index contributed by atoms with van der Waals surface area (Å²) >= 11 is 6.59. The molecule has 4 N–H and O–H groups in total. The molecule has 4 rings (SSSR count). The number of nitrogens with zero attached hydrogens (tertiary/aromatic N) is 2. The molecule has 0 saturated carbocycles. The predicted octanol–water partition coefficient (Wildman–Crippen LogP) is 2.52. The molecular formula is C23H27ClN4O2+2. The van der Waals surface area contributed by atoms with E-state index in [4.69, 9.17) is 22.1 Å². The molecule has 1 aromatic heterocycles. The first kappa shape index (κ1) is 20.4. The van der Waals surface area contributed by atoms with Crippen LogP contribution >= 0.6 is 11.6 Å². The van der Waals surface area contributed by atoms with Gasteiger partial charge in [-0.1, -0.05) is 40.9 Å². The number of halogens is 1. The van der Waals surface area contributed by atoms with E-state index < -0.39 is 0 Å². The van der Waals surface area contributed by atoms with Crippen LogP contribution in [0.25, 0.3) is 0 Å². The molecule has 1 atom stereocenters. The fourth-order valence-electron chi connectivity index (χ4n) is 4.07. The molecule has 0 saturated heterocycles. The Labute approximate surface area is 181 Å². The second kappa shape index (κ2) is 8.50. The highest BCUT2D eigenvalue weighted by Gasteiger charge is 2.37. The van der Waals surface area contributed by atoms with Crippen LogP contribution in [0.1, 0.15) is 36.5 Å². The van der Waals surface area contributed by atoms with Crippen LogP contribution in [0.15, 0.2) is 48.8 Å². The van der Waals surface area contributed by atoms with Gasteiger partial charge in [-0.15, -0.1) is 0 Å². The number of nitrogen functional groups attached to an aromatic ring is 1. The van der Waals surface area contributed by atoms with Crippen molar-refractivity contribution < 1.29 is 19.3 Å². The van der Waals surface area contributed by atoms with E-state index in [9.17, 15) is 5.11 Å². The number of rotatable bonds is 6. The predicted molar refractivity (Wildman–Crippen MR) is 116 cm³/mol. The van der Waals surface area contributed by atoms with Crippen molar-refractivity contribution in [2.24, 2.45) is 0 Å². The van der Waals surface area contributed by atoms with Gasteiger partial charge in [0.25, 0.3) is 0 Å². The Bertz CT molecular complexity index is 1070. The topological polar surface area (TPSA) is 76.7 Å². The molecule has 156 valence electrons. The Morgan fingerprint density at radius 2 is 1.93 bits per heavy atom. The Balaban J connectivity index is 1.84. The maximum Gasteiger partial charge on any atom is 0.306 e. The van der Waals surface area contributed by atoms with Gasteiger partial charge in [0.15, 0.2) is 0 Å². The molecule has 0 fully saturated rings. The fourth-order valence-corrected chi connectivity index (χ4v) is 4.32. The highest BCUT2D eigenvalue weighted by atomic mass is 35.5. The third-order valence-corrected chi connectivity index (χ3v) is 6.20. The van der Waals surface area contributed by atoms with Gasteiger partial charge in [-0.3, -0.25) is 0 Å². The molecule has 2 aromatic carbocycles. The van der Waals surface area contributed by atoms with E-state index in [2.05, 4.69) is 18.8 Å². The van der Waals surface area contributed by atoms with Crippen LogP contribution in [-0.4, -0.2) is 29.7 Å². The second-order valence-electron chi connectivity index (χ2n) is 7.53. The van der Waals surface area contributed by atoms with Crippen molar-refractivity contribution in [3.05, 3.63) is 70.5 Å². The number of ether oxygens (including phenoxy) is 1. The third kappa shape index (κ3) is 3.68. The maximum absolute atomic E-state index is 9.96. The number of hydrogen-bond acceptors (Lipinski definition) is 4. The highest BCUT2D eigenvalue weighted by Crippen LogP contribution is 2.49. The smallest absolute Gasteiger partial charge is 0.306 e. The number of aromatic hydroxyl groups is 1. The maximum atomic E-state index is 9.96. The van der Waals surface area contributed by atoms with Crippen molar-refractivity contribution in [3.8, 4) is 17.4 Å². The molecule has 0 spiro atoms. The average molecular weight is 427 g/mol. The molecule has 30 heavy (non-hydrogen) atoms. The number of quaternary nitrogens is 1. The molecular weight excluding hydrogens is 400 g/mol. The highest BCUT2D eigenvalue weighted by molar-refractivity contribution is 6.31. The van der Waals surface area contributed by atoms with Crippen LogP contribution in [0, 0.1) is 0 Å². The Morgan fingerprint density at radius 1 is 1.17 bits per heavy atom. The molecule has 0 amide bonds. The van der Waals surface area contributed by atoms with E-state index in [-0.39, 0.29) is 11.7 Å². The van der Waals surface area contributed by atoms with Gasteiger partial charge in [-0.25, -0.2) is 4.57 Å². The minimum atomic E-state index is -0.237. The lowest BCUT2D eigenvalue weighted by Crippen LogP contribution is -3.12. The standard InChI is InChI=1S/C23H25ClN4O2/c1-3-27(4-2)11-12-28-14-26-23-21(22(28)25)20(16-7-5-6-8-18(16)24)17-10-9-15(29)13-19(17)30-23/h5-10,13-14,20,25,29H,3-4,11-12H2,1-2H3/p+2/t20-/m1/s1. The van der Waals surface area contributed by atoms with Crippen LogP contribution < -0.4 is 19.9 Å². The van der Waals surface area contributed by atoms with Crippen molar-refractivity contribution in [2.45, 2.75) is 26.3 Å². The van der Waals surface area contributed by atoms with E-state index in [1.165, 1.54) is 4.90 Å².